The van der Waals surface area contributed by atoms with Gasteiger partial charge in [-0.2, -0.15) is 0 Å². The number of esters is 1. The van der Waals surface area contributed by atoms with Gasteiger partial charge in [-0.1, -0.05) is 0 Å². The minimum atomic E-state index is -0.510. The van der Waals surface area contributed by atoms with Gasteiger partial charge in [0.05, 0.1) is 7.11 Å². The zero-order valence-electron chi connectivity index (χ0n) is 13.9. The van der Waals surface area contributed by atoms with E-state index in [2.05, 4.69) is 21.2 Å². The Hall–Kier alpha value is -1.50. The molecule has 1 heterocycles. The van der Waals surface area contributed by atoms with Crippen LogP contribution in [0.25, 0.3) is 0 Å². The number of carbonyl (C=O) groups excluding carboxylic acids is 2. The second kappa shape index (κ2) is 6.55. The van der Waals surface area contributed by atoms with Gasteiger partial charge in [0.1, 0.15) is 11.3 Å². The van der Waals surface area contributed by atoms with Crippen molar-refractivity contribution in [3.05, 3.63) is 22.4 Å². The summed E-state index contributed by atoms with van der Waals surface area (Å²) < 4.78 is 12.8. The summed E-state index contributed by atoms with van der Waals surface area (Å²) in [4.78, 5) is 23.6. The molecule has 0 saturated heterocycles. The molecule has 1 aromatic heterocycles. The summed E-state index contributed by atoms with van der Waals surface area (Å²) in [5.41, 5.74) is -0.0367. The van der Waals surface area contributed by atoms with Crippen molar-refractivity contribution in [3.63, 3.8) is 0 Å². The molecule has 7 heteroatoms. The lowest BCUT2D eigenvalue weighted by Crippen LogP contribution is -2.37. The first-order valence-corrected chi connectivity index (χ1v) is 8.34. The Morgan fingerprint density at radius 1 is 1.39 bits per heavy atom. The second-order valence-electron chi connectivity index (χ2n) is 7.02. The summed E-state index contributed by atoms with van der Waals surface area (Å²) in [6.07, 6.45) is 3.45. The second-order valence-corrected chi connectivity index (χ2v) is 7.93. The third-order valence-electron chi connectivity index (χ3n) is 3.73. The normalized spacial score (nSPS) is 15.9. The number of ether oxygens (including phenoxy) is 2. The smallest absolute Gasteiger partial charge is 0.407 e. The Bertz CT molecular complexity index is 600. The van der Waals surface area contributed by atoms with Gasteiger partial charge >= 0.3 is 12.1 Å². The van der Waals surface area contributed by atoms with Gasteiger partial charge < -0.3 is 19.4 Å². The van der Waals surface area contributed by atoms with Crippen LogP contribution < -0.4 is 5.32 Å². The van der Waals surface area contributed by atoms with Crippen LogP contribution in [0.4, 0.5) is 4.79 Å². The summed E-state index contributed by atoms with van der Waals surface area (Å²) in [5.74, 6) is -0.369. The fraction of sp³-hybridized carbons (Fsp3) is 0.625. The van der Waals surface area contributed by atoms with Gasteiger partial charge in [-0.15, -0.1) is 0 Å². The minimum Gasteiger partial charge on any atom is -0.464 e. The van der Waals surface area contributed by atoms with E-state index < -0.39 is 11.7 Å². The van der Waals surface area contributed by atoms with Crippen molar-refractivity contribution in [3.8, 4) is 0 Å². The highest BCUT2D eigenvalue weighted by Crippen LogP contribution is 2.47. The average molecular weight is 387 g/mol. The lowest BCUT2D eigenvalue weighted by molar-refractivity contribution is 0.0509. The monoisotopic (exact) mass is 386 g/mol. The van der Waals surface area contributed by atoms with Crippen molar-refractivity contribution < 1.29 is 19.1 Å². The fourth-order valence-electron chi connectivity index (χ4n) is 2.38. The van der Waals surface area contributed by atoms with Crippen molar-refractivity contribution in [2.75, 3.05) is 13.7 Å². The lowest BCUT2D eigenvalue weighted by Gasteiger charge is -2.22. The van der Waals surface area contributed by atoms with Crippen LogP contribution in [-0.4, -0.2) is 35.9 Å². The number of carbonyl (C=O) groups is 2. The molecule has 23 heavy (non-hydrogen) atoms. The Kier molecular flexibility index (Phi) is 5.08. The Balaban J connectivity index is 1.98. The molecule has 0 radical (unpaired) electrons. The summed E-state index contributed by atoms with van der Waals surface area (Å²) in [7, 11) is 1.37. The molecule has 128 valence electrons. The standard InChI is InChI=1S/C16H23BrN2O4/c1-15(2,3)23-14(21)18-9-16(5-6-16)10-19-8-11(17)7-12(19)13(20)22-4/h7-8H,5-6,9-10H2,1-4H3,(H,18,21). The van der Waals surface area contributed by atoms with E-state index in [0.29, 0.717) is 18.8 Å². The molecule has 1 fully saturated rings. The van der Waals surface area contributed by atoms with E-state index in [1.165, 1.54) is 7.11 Å². The molecule has 2 rings (SSSR count). The van der Waals surface area contributed by atoms with E-state index >= 15 is 0 Å². The van der Waals surface area contributed by atoms with E-state index in [-0.39, 0.29) is 11.4 Å². The fourth-order valence-corrected chi connectivity index (χ4v) is 2.85. The molecule has 0 spiro atoms. The van der Waals surface area contributed by atoms with E-state index in [9.17, 15) is 9.59 Å². The number of halogens is 1. The van der Waals surface area contributed by atoms with Gasteiger partial charge in [0, 0.05) is 29.2 Å². The number of hydrogen-bond donors (Lipinski definition) is 1. The maximum Gasteiger partial charge on any atom is 0.407 e. The largest absolute Gasteiger partial charge is 0.464 e. The van der Waals surface area contributed by atoms with Gasteiger partial charge in [-0.05, 0) is 55.6 Å². The molecule has 0 unspecified atom stereocenters. The van der Waals surface area contributed by atoms with Gasteiger partial charge in [0.25, 0.3) is 0 Å². The molecule has 1 amide bonds. The van der Waals surface area contributed by atoms with Crippen LogP contribution in [0.15, 0.2) is 16.7 Å². The van der Waals surface area contributed by atoms with Crippen LogP contribution in [-0.2, 0) is 16.0 Å². The number of methoxy groups -OCH3 is 1. The number of alkyl carbamates (subject to hydrolysis) is 1. The zero-order valence-corrected chi connectivity index (χ0v) is 15.5. The Morgan fingerprint density at radius 3 is 2.57 bits per heavy atom. The van der Waals surface area contributed by atoms with Crippen LogP contribution in [0, 0.1) is 5.41 Å². The van der Waals surface area contributed by atoms with Crippen LogP contribution in [0.2, 0.25) is 0 Å². The molecule has 0 aliphatic heterocycles. The number of amides is 1. The summed E-state index contributed by atoms with van der Waals surface area (Å²) in [5, 5.41) is 2.83. The highest BCUT2D eigenvalue weighted by molar-refractivity contribution is 9.10. The van der Waals surface area contributed by atoms with Crippen LogP contribution >= 0.6 is 15.9 Å². The predicted octanol–water partition coefficient (Wildman–Crippen LogP) is 3.34. The number of rotatable bonds is 5. The maximum absolute atomic E-state index is 11.8. The first-order valence-electron chi connectivity index (χ1n) is 7.55. The number of aromatic nitrogens is 1. The number of nitrogens with one attached hydrogen (secondary N) is 1. The van der Waals surface area contributed by atoms with Crippen molar-refractivity contribution in [2.45, 2.75) is 45.8 Å². The quantitative estimate of drug-likeness (QED) is 0.787. The number of hydrogen-bond acceptors (Lipinski definition) is 4. The van der Waals surface area contributed by atoms with Crippen molar-refractivity contribution in [1.29, 1.82) is 0 Å². The summed E-state index contributed by atoms with van der Waals surface area (Å²) in [6, 6.07) is 1.74. The molecule has 6 nitrogen and oxygen atoms in total. The van der Waals surface area contributed by atoms with Gasteiger partial charge in [-0.25, -0.2) is 9.59 Å². The van der Waals surface area contributed by atoms with E-state index in [0.717, 1.165) is 17.3 Å². The van der Waals surface area contributed by atoms with E-state index in [1.807, 2.05) is 31.5 Å². The first kappa shape index (κ1) is 17.8. The Labute approximate surface area is 144 Å². The SMILES string of the molecule is COC(=O)c1cc(Br)cn1CC1(CNC(=O)OC(C)(C)C)CC1. The van der Waals surface area contributed by atoms with Crippen LogP contribution in [0.1, 0.15) is 44.1 Å². The molecular weight excluding hydrogens is 364 g/mol. The minimum absolute atomic E-state index is 0.0296. The predicted molar refractivity (Wildman–Crippen MR) is 89.4 cm³/mol. The maximum atomic E-state index is 11.8. The molecule has 1 aromatic rings. The zero-order chi connectivity index (χ0) is 17.3. The topological polar surface area (TPSA) is 69.6 Å². The van der Waals surface area contributed by atoms with Gasteiger partial charge in [0.15, 0.2) is 0 Å². The van der Waals surface area contributed by atoms with Crippen LogP contribution in [0.5, 0.6) is 0 Å². The van der Waals surface area contributed by atoms with Crippen molar-refractivity contribution >= 4 is 28.0 Å². The molecule has 0 bridgehead atoms. The van der Waals surface area contributed by atoms with Crippen LogP contribution in [0.3, 0.4) is 0 Å². The van der Waals surface area contributed by atoms with Gasteiger partial charge in [-0.3, -0.25) is 0 Å². The lowest BCUT2D eigenvalue weighted by atomic mass is 10.1. The molecule has 1 aliphatic rings. The average Bonchev–Trinajstić information content (AvgIpc) is 3.10. The summed E-state index contributed by atoms with van der Waals surface area (Å²) >= 11 is 3.39. The van der Waals surface area contributed by atoms with E-state index in [1.54, 1.807) is 6.07 Å². The van der Waals surface area contributed by atoms with E-state index in [4.69, 9.17) is 9.47 Å². The van der Waals surface area contributed by atoms with Gasteiger partial charge in [0.2, 0.25) is 0 Å². The molecule has 1 saturated carbocycles. The highest BCUT2D eigenvalue weighted by Gasteiger charge is 2.44. The molecule has 0 aromatic carbocycles. The summed E-state index contributed by atoms with van der Waals surface area (Å²) in [6.45, 7) is 6.68. The Morgan fingerprint density at radius 2 is 2.04 bits per heavy atom. The van der Waals surface area contributed by atoms with Crippen molar-refractivity contribution in [2.24, 2.45) is 5.41 Å². The highest BCUT2D eigenvalue weighted by atomic mass is 79.9. The third kappa shape index (κ3) is 4.99. The van der Waals surface area contributed by atoms with Crippen molar-refractivity contribution in [1.82, 2.24) is 9.88 Å². The number of nitrogens with zero attached hydrogens (tertiary/aromatic N) is 1. The molecular formula is C16H23BrN2O4. The first-order chi connectivity index (χ1) is 10.6. The molecule has 1 aliphatic carbocycles. The molecule has 0 atom stereocenters. The molecule has 1 N–H and O–H groups in total. The third-order valence-corrected chi connectivity index (χ3v) is 4.16.